The van der Waals surface area contributed by atoms with Crippen molar-refractivity contribution in [2.24, 2.45) is 5.73 Å². The molecule has 1 heterocycles. The van der Waals surface area contributed by atoms with E-state index >= 15 is 0 Å². The molecule has 82 valence electrons. The Morgan fingerprint density at radius 3 is 2.80 bits per heavy atom. The van der Waals surface area contributed by atoms with Gasteiger partial charge in [-0.05, 0) is 13.2 Å². The Hall–Kier alpha value is -1.08. The molecule has 0 aliphatic rings. The summed E-state index contributed by atoms with van der Waals surface area (Å²) in [6, 6.07) is 0. The predicted molar refractivity (Wildman–Crippen MR) is 62.2 cm³/mol. The predicted octanol–water partition coefficient (Wildman–Crippen LogP) is 0.932. The summed E-state index contributed by atoms with van der Waals surface area (Å²) in [7, 11) is 0. The Morgan fingerprint density at radius 2 is 2.33 bits per heavy atom. The quantitative estimate of drug-likeness (QED) is 0.826. The van der Waals surface area contributed by atoms with E-state index in [2.05, 4.69) is 10.3 Å². The number of nitrogens with one attached hydrogen (secondary N) is 1. The number of aromatic nitrogens is 1. The van der Waals surface area contributed by atoms with Gasteiger partial charge in [0.15, 0.2) is 5.13 Å². The number of primary amides is 1. The van der Waals surface area contributed by atoms with Crippen LogP contribution in [0.2, 0.25) is 0 Å². The Bertz CT molecular complexity index is 378. The van der Waals surface area contributed by atoms with E-state index in [0.717, 1.165) is 11.3 Å². The summed E-state index contributed by atoms with van der Waals surface area (Å²) < 4.78 is 0. The molecule has 0 fully saturated rings. The zero-order valence-corrected chi connectivity index (χ0v) is 9.95. The molecule has 0 bridgehead atoms. The molecule has 0 saturated carbocycles. The number of nitrogens with two attached hydrogens (primary N) is 1. The lowest BCUT2D eigenvalue weighted by Gasteiger charge is -2.06. The average molecular weight is 245 g/mol. The monoisotopic (exact) mass is 245 g/mol. The molecule has 2 amide bonds. The van der Waals surface area contributed by atoms with E-state index < -0.39 is 5.91 Å². The van der Waals surface area contributed by atoms with Gasteiger partial charge < -0.3 is 11.1 Å². The number of thiazole rings is 1. The fourth-order valence-electron chi connectivity index (χ4n) is 0.760. The van der Waals surface area contributed by atoms with E-state index in [4.69, 9.17) is 5.73 Å². The van der Waals surface area contributed by atoms with Gasteiger partial charge in [0.05, 0.1) is 11.4 Å². The van der Waals surface area contributed by atoms with Crippen LogP contribution in [0.15, 0.2) is 6.20 Å². The smallest absolute Gasteiger partial charge is 0.260 e. The van der Waals surface area contributed by atoms with Crippen LogP contribution in [0.4, 0.5) is 5.13 Å². The molecule has 7 heteroatoms. The van der Waals surface area contributed by atoms with Gasteiger partial charge in [0, 0.05) is 0 Å². The number of thioether (sulfide) groups is 1. The van der Waals surface area contributed by atoms with Crippen molar-refractivity contribution in [1.82, 2.24) is 4.98 Å². The number of hydrogen-bond donors (Lipinski definition) is 2. The number of hydrogen-bond acceptors (Lipinski definition) is 5. The Kier molecular flexibility index (Phi) is 4.10. The summed E-state index contributed by atoms with van der Waals surface area (Å²) in [4.78, 5) is 26.4. The summed E-state index contributed by atoms with van der Waals surface area (Å²) in [6.07, 6.45) is 3.20. The van der Waals surface area contributed by atoms with E-state index in [1.165, 1.54) is 18.0 Å². The Labute approximate surface area is 95.5 Å². The molecular weight excluding hydrogens is 234 g/mol. The SMILES string of the molecule is CSC(C)C(=O)Nc1ncc(C(N)=O)s1. The maximum atomic E-state index is 11.4. The molecule has 1 aromatic heterocycles. The zero-order chi connectivity index (χ0) is 11.4. The molecule has 5 nitrogen and oxygen atoms in total. The standard InChI is InChI=1S/C8H11N3O2S2/c1-4(14-2)7(13)11-8-10-3-5(15-8)6(9)12/h3-4H,1-2H3,(H2,9,12)(H,10,11,13). The van der Waals surface area contributed by atoms with E-state index in [1.54, 1.807) is 6.92 Å². The Morgan fingerprint density at radius 1 is 1.67 bits per heavy atom. The molecule has 15 heavy (non-hydrogen) atoms. The highest BCUT2D eigenvalue weighted by Crippen LogP contribution is 2.18. The number of carbonyl (C=O) groups excluding carboxylic acids is 2. The van der Waals surface area contributed by atoms with E-state index in [9.17, 15) is 9.59 Å². The third-order valence-corrected chi connectivity index (χ3v) is 3.55. The average Bonchev–Trinajstić information content (AvgIpc) is 2.65. The highest BCUT2D eigenvalue weighted by atomic mass is 32.2. The number of rotatable bonds is 4. The first-order valence-electron chi connectivity index (χ1n) is 4.14. The van der Waals surface area contributed by atoms with Gasteiger partial charge in [-0.2, -0.15) is 11.8 Å². The van der Waals surface area contributed by atoms with Gasteiger partial charge in [-0.1, -0.05) is 11.3 Å². The fourth-order valence-corrected chi connectivity index (χ4v) is 1.70. The van der Waals surface area contributed by atoms with Crippen LogP contribution in [-0.4, -0.2) is 28.3 Å². The van der Waals surface area contributed by atoms with Crippen molar-refractivity contribution < 1.29 is 9.59 Å². The largest absolute Gasteiger partial charge is 0.365 e. The molecule has 3 N–H and O–H groups in total. The molecule has 1 rings (SSSR count). The molecule has 0 radical (unpaired) electrons. The van der Waals surface area contributed by atoms with Gasteiger partial charge in [-0.15, -0.1) is 0 Å². The molecule has 0 aliphatic carbocycles. The van der Waals surface area contributed by atoms with Gasteiger partial charge in [0.1, 0.15) is 4.88 Å². The van der Waals surface area contributed by atoms with Crippen LogP contribution in [0.25, 0.3) is 0 Å². The summed E-state index contributed by atoms with van der Waals surface area (Å²) in [5.74, 6) is -0.668. The summed E-state index contributed by atoms with van der Waals surface area (Å²) >= 11 is 2.51. The Balaban J connectivity index is 2.65. The van der Waals surface area contributed by atoms with Gasteiger partial charge in [-0.25, -0.2) is 4.98 Å². The second kappa shape index (κ2) is 5.13. The molecular formula is C8H11N3O2S2. The van der Waals surface area contributed by atoms with E-state index in [0.29, 0.717) is 10.0 Å². The minimum absolute atomic E-state index is 0.132. The van der Waals surface area contributed by atoms with Crippen molar-refractivity contribution in [3.8, 4) is 0 Å². The molecule has 0 saturated heterocycles. The third kappa shape index (κ3) is 3.21. The van der Waals surface area contributed by atoms with Crippen LogP contribution in [0.1, 0.15) is 16.6 Å². The van der Waals surface area contributed by atoms with Crippen LogP contribution >= 0.6 is 23.1 Å². The third-order valence-electron chi connectivity index (χ3n) is 1.70. The first kappa shape index (κ1) is 12.0. The zero-order valence-electron chi connectivity index (χ0n) is 8.31. The first-order valence-corrected chi connectivity index (χ1v) is 6.24. The highest BCUT2D eigenvalue weighted by molar-refractivity contribution is 7.99. The number of nitrogens with zero attached hydrogens (tertiary/aromatic N) is 1. The van der Waals surface area contributed by atoms with Gasteiger partial charge in [0.25, 0.3) is 5.91 Å². The van der Waals surface area contributed by atoms with Crippen LogP contribution < -0.4 is 11.1 Å². The highest BCUT2D eigenvalue weighted by Gasteiger charge is 2.14. The molecule has 1 atom stereocenters. The van der Waals surface area contributed by atoms with Crippen molar-refractivity contribution in [3.63, 3.8) is 0 Å². The maximum Gasteiger partial charge on any atom is 0.260 e. The van der Waals surface area contributed by atoms with Crippen LogP contribution in [0.3, 0.4) is 0 Å². The van der Waals surface area contributed by atoms with Crippen molar-refractivity contribution in [2.75, 3.05) is 11.6 Å². The van der Waals surface area contributed by atoms with Gasteiger partial charge in [-0.3, -0.25) is 9.59 Å². The summed E-state index contributed by atoms with van der Waals surface area (Å²) in [5, 5.41) is 2.86. The van der Waals surface area contributed by atoms with Crippen molar-refractivity contribution in [2.45, 2.75) is 12.2 Å². The number of amides is 2. The lowest BCUT2D eigenvalue weighted by molar-refractivity contribution is -0.115. The van der Waals surface area contributed by atoms with Crippen LogP contribution in [-0.2, 0) is 4.79 Å². The van der Waals surface area contributed by atoms with Crippen LogP contribution in [0, 0.1) is 0 Å². The number of carbonyl (C=O) groups is 2. The topological polar surface area (TPSA) is 85.1 Å². The normalized spacial score (nSPS) is 12.1. The van der Waals surface area contributed by atoms with Crippen molar-refractivity contribution in [3.05, 3.63) is 11.1 Å². The first-order chi connectivity index (χ1) is 7.04. The summed E-state index contributed by atoms with van der Waals surface area (Å²) in [5.41, 5.74) is 5.06. The number of anilines is 1. The molecule has 1 unspecified atom stereocenters. The van der Waals surface area contributed by atoms with E-state index in [-0.39, 0.29) is 11.2 Å². The second-order valence-corrected chi connectivity index (χ2v) is 4.97. The van der Waals surface area contributed by atoms with Gasteiger partial charge >= 0.3 is 0 Å². The second-order valence-electron chi connectivity index (χ2n) is 2.76. The maximum absolute atomic E-state index is 11.4. The molecule has 0 spiro atoms. The lowest BCUT2D eigenvalue weighted by Crippen LogP contribution is -2.21. The minimum Gasteiger partial charge on any atom is -0.365 e. The minimum atomic E-state index is -0.536. The molecule has 0 aromatic carbocycles. The van der Waals surface area contributed by atoms with Crippen molar-refractivity contribution in [1.29, 1.82) is 0 Å². The van der Waals surface area contributed by atoms with Crippen LogP contribution in [0.5, 0.6) is 0 Å². The summed E-state index contributed by atoms with van der Waals surface area (Å²) in [6.45, 7) is 1.79. The van der Waals surface area contributed by atoms with Crippen molar-refractivity contribution >= 4 is 40.0 Å². The molecule has 1 aromatic rings. The van der Waals surface area contributed by atoms with Gasteiger partial charge in [0.2, 0.25) is 5.91 Å². The lowest BCUT2D eigenvalue weighted by atomic mass is 10.4. The fraction of sp³-hybridized carbons (Fsp3) is 0.375. The van der Waals surface area contributed by atoms with E-state index in [1.807, 2.05) is 6.26 Å². The molecule has 0 aliphatic heterocycles.